The zero-order valence-electron chi connectivity index (χ0n) is 11.1. The Labute approximate surface area is 107 Å². The van der Waals surface area contributed by atoms with E-state index in [1.54, 1.807) is 0 Å². The summed E-state index contributed by atoms with van der Waals surface area (Å²) >= 11 is 0. The van der Waals surface area contributed by atoms with Gasteiger partial charge in [-0.05, 0) is 19.8 Å². The van der Waals surface area contributed by atoms with Crippen molar-refractivity contribution in [3.05, 3.63) is 23.8 Å². The smallest absolute Gasteiger partial charge is 0.126 e. The Kier molecular flexibility index (Phi) is 2.63. The van der Waals surface area contributed by atoms with Gasteiger partial charge in [0.25, 0.3) is 0 Å². The lowest BCUT2D eigenvalue weighted by Gasteiger charge is -2.33. The summed E-state index contributed by atoms with van der Waals surface area (Å²) in [6.45, 7) is 1.93. The van der Waals surface area contributed by atoms with Gasteiger partial charge in [0.2, 0.25) is 0 Å². The van der Waals surface area contributed by atoms with Crippen molar-refractivity contribution in [3.8, 4) is 0 Å². The minimum Gasteiger partial charge on any atom is -0.348 e. The molecule has 0 aromatic carbocycles. The normalized spacial score (nSPS) is 19.3. The topological polar surface area (TPSA) is 56.7 Å². The fraction of sp³-hybridized carbons (Fsp3) is 0.571. The van der Waals surface area contributed by atoms with Gasteiger partial charge in [-0.15, -0.1) is 0 Å². The van der Waals surface area contributed by atoms with E-state index in [1.165, 1.54) is 24.8 Å². The number of nitrogens with zero attached hydrogens (tertiary/aromatic N) is 3. The lowest BCUT2D eigenvalue weighted by Crippen LogP contribution is -2.38. The van der Waals surface area contributed by atoms with Gasteiger partial charge in [-0.25, -0.2) is 9.97 Å². The van der Waals surface area contributed by atoms with Crippen molar-refractivity contribution in [3.63, 3.8) is 0 Å². The van der Waals surface area contributed by atoms with Gasteiger partial charge in [-0.3, -0.25) is 0 Å². The number of fused-ring (bicyclic) bond motifs is 1. The highest BCUT2D eigenvalue weighted by Gasteiger charge is 2.32. The monoisotopic (exact) mass is 244 g/mol. The standard InChI is InChI=1S/C14H20N4/c1-10-16-8-12-13(17-10)11(9-18(12)2)14(15)6-4-3-5-7-14/h8-9H,3-7,15H2,1-2H3. The molecule has 2 N–H and O–H groups in total. The molecule has 0 amide bonds. The summed E-state index contributed by atoms with van der Waals surface area (Å²) in [6, 6.07) is 0. The molecule has 2 heterocycles. The van der Waals surface area contributed by atoms with E-state index in [0.29, 0.717) is 0 Å². The highest BCUT2D eigenvalue weighted by atomic mass is 15.0. The van der Waals surface area contributed by atoms with E-state index in [4.69, 9.17) is 5.73 Å². The van der Waals surface area contributed by atoms with Crippen LogP contribution in [0, 0.1) is 6.92 Å². The van der Waals surface area contributed by atoms with Crippen LogP contribution in [0.15, 0.2) is 12.4 Å². The zero-order chi connectivity index (χ0) is 12.8. The molecule has 1 fully saturated rings. The molecule has 0 radical (unpaired) electrons. The van der Waals surface area contributed by atoms with Crippen LogP contribution >= 0.6 is 0 Å². The molecule has 0 bridgehead atoms. The van der Waals surface area contributed by atoms with Crippen LogP contribution in [0.5, 0.6) is 0 Å². The highest BCUT2D eigenvalue weighted by Crippen LogP contribution is 2.38. The molecule has 0 unspecified atom stereocenters. The number of hydrogen-bond acceptors (Lipinski definition) is 3. The molecular formula is C14H20N4. The van der Waals surface area contributed by atoms with Gasteiger partial charge < -0.3 is 10.3 Å². The van der Waals surface area contributed by atoms with Gasteiger partial charge in [0.1, 0.15) is 5.82 Å². The minimum atomic E-state index is -0.196. The SMILES string of the molecule is Cc1ncc2c(n1)c(C1(N)CCCCC1)cn2C. The molecule has 2 aromatic rings. The van der Waals surface area contributed by atoms with E-state index in [1.807, 2.05) is 20.2 Å². The Morgan fingerprint density at radius 3 is 2.72 bits per heavy atom. The van der Waals surface area contributed by atoms with Crippen molar-refractivity contribution >= 4 is 11.0 Å². The Morgan fingerprint density at radius 1 is 1.28 bits per heavy atom. The highest BCUT2D eigenvalue weighted by molar-refractivity contribution is 5.80. The number of aryl methyl sites for hydroxylation is 2. The molecule has 96 valence electrons. The van der Waals surface area contributed by atoms with Gasteiger partial charge in [-0.2, -0.15) is 0 Å². The van der Waals surface area contributed by atoms with Crippen LogP contribution < -0.4 is 5.73 Å². The zero-order valence-corrected chi connectivity index (χ0v) is 11.1. The molecule has 1 saturated carbocycles. The summed E-state index contributed by atoms with van der Waals surface area (Å²) in [5.41, 5.74) is 9.75. The van der Waals surface area contributed by atoms with Gasteiger partial charge in [0.05, 0.1) is 17.2 Å². The van der Waals surface area contributed by atoms with Crippen molar-refractivity contribution in [2.24, 2.45) is 12.8 Å². The molecule has 0 spiro atoms. The third kappa shape index (κ3) is 1.72. The summed E-state index contributed by atoms with van der Waals surface area (Å²) in [5.74, 6) is 0.814. The molecule has 4 nitrogen and oxygen atoms in total. The third-order valence-corrected chi connectivity index (χ3v) is 4.13. The molecule has 4 heteroatoms. The second kappa shape index (κ2) is 4.05. The first-order valence-electron chi connectivity index (χ1n) is 6.68. The van der Waals surface area contributed by atoms with Crippen LogP contribution in [0.25, 0.3) is 11.0 Å². The fourth-order valence-corrected chi connectivity index (χ4v) is 3.06. The number of nitrogens with two attached hydrogens (primary N) is 1. The minimum absolute atomic E-state index is 0.196. The second-order valence-corrected chi connectivity index (χ2v) is 5.52. The predicted octanol–water partition coefficient (Wildman–Crippen LogP) is 2.39. The first-order valence-corrected chi connectivity index (χ1v) is 6.68. The maximum atomic E-state index is 6.64. The van der Waals surface area contributed by atoms with Gasteiger partial charge in [0, 0.05) is 24.3 Å². The van der Waals surface area contributed by atoms with E-state index in [0.717, 1.165) is 29.7 Å². The van der Waals surface area contributed by atoms with E-state index >= 15 is 0 Å². The Bertz CT molecular complexity index is 579. The average molecular weight is 244 g/mol. The van der Waals surface area contributed by atoms with Gasteiger partial charge in [-0.1, -0.05) is 19.3 Å². The van der Waals surface area contributed by atoms with Crippen LogP contribution in [0.4, 0.5) is 0 Å². The maximum Gasteiger partial charge on any atom is 0.126 e. The van der Waals surface area contributed by atoms with E-state index in [-0.39, 0.29) is 5.54 Å². The fourth-order valence-electron chi connectivity index (χ4n) is 3.06. The molecule has 2 aromatic heterocycles. The van der Waals surface area contributed by atoms with E-state index in [2.05, 4.69) is 20.7 Å². The first-order chi connectivity index (χ1) is 8.60. The molecule has 0 atom stereocenters. The Hall–Kier alpha value is -1.42. The molecule has 3 rings (SSSR count). The third-order valence-electron chi connectivity index (χ3n) is 4.13. The van der Waals surface area contributed by atoms with E-state index < -0.39 is 0 Å². The quantitative estimate of drug-likeness (QED) is 0.838. The summed E-state index contributed by atoms with van der Waals surface area (Å²) in [5, 5.41) is 0. The van der Waals surface area contributed by atoms with Crippen LogP contribution in [0.3, 0.4) is 0 Å². The van der Waals surface area contributed by atoms with Crippen molar-refractivity contribution in [1.29, 1.82) is 0 Å². The Morgan fingerprint density at radius 2 is 2.00 bits per heavy atom. The molecule has 0 saturated heterocycles. The summed E-state index contributed by atoms with van der Waals surface area (Å²) in [4.78, 5) is 8.88. The number of rotatable bonds is 1. The maximum absolute atomic E-state index is 6.64. The van der Waals surface area contributed by atoms with Crippen molar-refractivity contribution in [2.75, 3.05) is 0 Å². The number of aromatic nitrogens is 3. The lowest BCUT2D eigenvalue weighted by molar-refractivity contribution is 0.304. The summed E-state index contributed by atoms with van der Waals surface area (Å²) < 4.78 is 2.09. The predicted molar refractivity (Wildman–Crippen MR) is 72.2 cm³/mol. The average Bonchev–Trinajstić information content (AvgIpc) is 2.68. The second-order valence-electron chi connectivity index (χ2n) is 5.52. The van der Waals surface area contributed by atoms with Crippen LogP contribution in [0.2, 0.25) is 0 Å². The molecule has 0 aliphatic heterocycles. The van der Waals surface area contributed by atoms with Crippen LogP contribution in [-0.4, -0.2) is 14.5 Å². The molecule has 18 heavy (non-hydrogen) atoms. The van der Waals surface area contributed by atoms with Crippen LogP contribution in [-0.2, 0) is 12.6 Å². The lowest BCUT2D eigenvalue weighted by atomic mass is 9.78. The van der Waals surface area contributed by atoms with Gasteiger partial charge in [0.15, 0.2) is 0 Å². The first kappa shape index (κ1) is 11.7. The number of hydrogen-bond donors (Lipinski definition) is 1. The summed E-state index contributed by atoms with van der Waals surface area (Å²) in [6.07, 6.45) is 9.91. The van der Waals surface area contributed by atoms with Crippen molar-refractivity contribution in [2.45, 2.75) is 44.6 Å². The largest absolute Gasteiger partial charge is 0.348 e. The molecular weight excluding hydrogens is 224 g/mol. The van der Waals surface area contributed by atoms with E-state index in [9.17, 15) is 0 Å². The van der Waals surface area contributed by atoms with Crippen LogP contribution in [0.1, 0.15) is 43.5 Å². The summed E-state index contributed by atoms with van der Waals surface area (Å²) in [7, 11) is 2.04. The van der Waals surface area contributed by atoms with Crippen molar-refractivity contribution in [1.82, 2.24) is 14.5 Å². The van der Waals surface area contributed by atoms with Gasteiger partial charge >= 0.3 is 0 Å². The Balaban J connectivity index is 2.19. The van der Waals surface area contributed by atoms with Crippen molar-refractivity contribution < 1.29 is 0 Å². The molecule has 1 aliphatic carbocycles. The molecule has 1 aliphatic rings.